The van der Waals surface area contributed by atoms with Crippen LogP contribution in [0.2, 0.25) is 0 Å². The van der Waals surface area contributed by atoms with E-state index in [0.29, 0.717) is 26.3 Å². The van der Waals surface area contributed by atoms with Crippen LogP contribution in [-0.2, 0) is 9.53 Å². The van der Waals surface area contributed by atoms with Gasteiger partial charge in [0.05, 0.1) is 18.8 Å². The first-order valence-corrected chi connectivity index (χ1v) is 7.49. The molecule has 0 spiro atoms. The number of carbonyl (C=O) groups excluding carboxylic acids is 2. The van der Waals surface area contributed by atoms with Crippen LogP contribution in [0.4, 0.5) is 5.69 Å². The molecule has 24 heavy (non-hydrogen) atoms. The number of hydrogen-bond acceptors (Lipinski definition) is 7. The van der Waals surface area contributed by atoms with Crippen molar-refractivity contribution >= 4 is 17.4 Å². The van der Waals surface area contributed by atoms with Gasteiger partial charge in [0.2, 0.25) is 11.2 Å². The van der Waals surface area contributed by atoms with Gasteiger partial charge in [0.25, 0.3) is 5.43 Å². The second-order valence-corrected chi connectivity index (χ2v) is 5.40. The number of ether oxygens (including phenoxy) is 2. The molecule has 1 aliphatic rings. The van der Waals surface area contributed by atoms with Gasteiger partial charge in [0.15, 0.2) is 0 Å². The summed E-state index contributed by atoms with van der Waals surface area (Å²) in [6, 6.07) is 6.13. The zero-order chi connectivity index (χ0) is 17.3. The van der Waals surface area contributed by atoms with E-state index >= 15 is 0 Å². The van der Waals surface area contributed by atoms with Gasteiger partial charge in [-0.1, -0.05) is 12.1 Å². The molecular formula is C17H15NO6. The number of nitrogens with zero attached hydrogens (tertiary/aromatic N) is 1. The molecule has 0 atom stereocenters. The van der Waals surface area contributed by atoms with Crippen LogP contribution in [0.15, 0.2) is 33.9 Å². The largest absolute Gasteiger partial charge is 0.426 e. The lowest BCUT2D eigenvalue weighted by molar-refractivity contribution is -0.131. The molecule has 0 amide bonds. The van der Waals surface area contributed by atoms with Crippen LogP contribution in [0.5, 0.6) is 5.75 Å². The molecule has 3 rings (SSSR count). The second-order valence-electron chi connectivity index (χ2n) is 5.40. The highest BCUT2D eigenvalue weighted by atomic mass is 16.5. The van der Waals surface area contributed by atoms with Crippen LogP contribution in [0, 0.1) is 0 Å². The van der Waals surface area contributed by atoms with E-state index in [9.17, 15) is 19.2 Å². The number of benzene rings is 1. The van der Waals surface area contributed by atoms with Crippen molar-refractivity contribution in [3.8, 4) is 5.75 Å². The zero-order valence-electron chi connectivity index (χ0n) is 13.0. The first kappa shape index (κ1) is 16.1. The Hall–Kier alpha value is -2.80. The van der Waals surface area contributed by atoms with Crippen molar-refractivity contribution in [2.24, 2.45) is 0 Å². The third kappa shape index (κ3) is 2.74. The van der Waals surface area contributed by atoms with Crippen LogP contribution in [0.1, 0.15) is 22.8 Å². The molecule has 2 aromatic rings. The molecule has 2 aromatic carbocycles. The van der Waals surface area contributed by atoms with Crippen LogP contribution in [0.25, 0.3) is 0 Å². The lowest BCUT2D eigenvalue weighted by atomic mass is 9.95. The smallest absolute Gasteiger partial charge is 0.308 e. The molecule has 0 radical (unpaired) electrons. The molecule has 0 bridgehead atoms. The first-order chi connectivity index (χ1) is 11.5. The molecule has 7 nitrogen and oxygen atoms in total. The summed E-state index contributed by atoms with van der Waals surface area (Å²) in [6.45, 7) is 2.96. The second kappa shape index (κ2) is 6.37. The number of carbonyl (C=O) groups is 2. The van der Waals surface area contributed by atoms with E-state index in [4.69, 9.17) is 9.47 Å². The Bertz CT molecular complexity index is 872. The molecule has 0 aliphatic carbocycles. The summed E-state index contributed by atoms with van der Waals surface area (Å²) in [5.41, 5.74) is -1.41. The van der Waals surface area contributed by atoms with Crippen molar-refractivity contribution in [1.29, 1.82) is 0 Å². The molecule has 1 heterocycles. The lowest BCUT2D eigenvalue weighted by Crippen LogP contribution is -2.49. The van der Waals surface area contributed by atoms with Crippen molar-refractivity contribution in [3.05, 3.63) is 55.8 Å². The van der Waals surface area contributed by atoms with Crippen molar-refractivity contribution in [3.63, 3.8) is 0 Å². The van der Waals surface area contributed by atoms with E-state index in [1.165, 1.54) is 19.1 Å². The summed E-state index contributed by atoms with van der Waals surface area (Å²) in [5, 5.41) is 0. The Kier molecular flexibility index (Phi) is 4.26. The van der Waals surface area contributed by atoms with E-state index in [0.717, 1.165) is 0 Å². The van der Waals surface area contributed by atoms with E-state index in [2.05, 4.69) is 0 Å². The van der Waals surface area contributed by atoms with E-state index in [1.807, 2.05) is 0 Å². The fourth-order valence-electron chi connectivity index (χ4n) is 2.71. The van der Waals surface area contributed by atoms with Crippen molar-refractivity contribution < 1.29 is 19.1 Å². The summed E-state index contributed by atoms with van der Waals surface area (Å²) in [7, 11) is 0. The van der Waals surface area contributed by atoms with Gasteiger partial charge in [-0.3, -0.25) is 19.2 Å². The number of rotatable bonds is 4. The standard InChI is InChI=1S/C17H15NO6/c1-10(19)24-12-5-3-2-4-11(12)15(20)13-14(17(22)16(13)21)18-6-8-23-9-7-18/h2-5H,6-9H2,1H3. The summed E-state index contributed by atoms with van der Waals surface area (Å²) in [5.74, 6) is -1.12. The number of esters is 1. The minimum absolute atomic E-state index is 0.0657. The van der Waals surface area contributed by atoms with Gasteiger partial charge < -0.3 is 14.4 Å². The Balaban J connectivity index is 2.00. The van der Waals surface area contributed by atoms with Gasteiger partial charge >= 0.3 is 5.97 Å². The third-order valence-electron chi connectivity index (χ3n) is 3.82. The summed E-state index contributed by atoms with van der Waals surface area (Å²) in [4.78, 5) is 49.5. The number of morpholine rings is 1. The maximum absolute atomic E-state index is 12.8. The highest BCUT2D eigenvalue weighted by Crippen LogP contribution is 2.25. The minimum Gasteiger partial charge on any atom is -0.426 e. The molecule has 7 heteroatoms. The summed E-state index contributed by atoms with van der Waals surface area (Å²) < 4.78 is 10.2. The van der Waals surface area contributed by atoms with Gasteiger partial charge in [-0.15, -0.1) is 0 Å². The maximum atomic E-state index is 12.8. The van der Waals surface area contributed by atoms with E-state index < -0.39 is 22.6 Å². The van der Waals surface area contributed by atoms with Gasteiger partial charge in [0, 0.05) is 20.0 Å². The average molecular weight is 329 g/mol. The first-order valence-electron chi connectivity index (χ1n) is 7.49. The molecule has 0 unspecified atom stereocenters. The van der Waals surface area contributed by atoms with Crippen LogP contribution in [0.3, 0.4) is 0 Å². The van der Waals surface area contributed by atoms with Gasteiger partial charge in [0.1, 0.15) is 17.0 Å². The zero-order valence-corrected chi connectivity index (χ0v) is 13.0. The third-order valence-corrected chi connectivity index (χ3v) is 3.82. The number of para-hydroxylation sites is 1. The van der Waals surface area contributed by atoms with Crippen LogP contribution >= 0.6 is 0 Å². The number of ketones is 1. The van der Waals surface area contributed by atoms with Crippen LogP contribution < -0.4 is 20.5 Å². The highest BCUT2D eigenvalue weighted by Gasteiger charge is 2.33. The Morgan fingerprint density at radius 2 is 1.75 bits per heavy atom. The summed E-state index contributed by atoms with van der Waals surface area (Å²) in [6.07, 6.45) is 0. The topological polar surface area (TPSA) is 90.0 Å². The van der Waals surface area contributed by atoms with Gasteiger partial charge in [-0.05, 0) is 12.1 Å². The van der Waals surface area contributed by atoms with Crippen molar-refractivity contribution in [2.45, 2.75) is 6.92 Å². The fraction of sp³-hybridized carbons (Fsp3) is 0.294. The van der Waals surface area contributed by atoms with Crippen molar-refractivity contribution in [1.82, 2.24) is 0 Å². The Labute approximate surface area is 137 Å². The molecule has 0 saturated carbocycles. The van der Waals surface area contributed by atoms with Gasteiger partial charge in [-0.2, -0.15) is 0 Å². The molecule has 1 fully saturated rings. The number of hydrogen-bond donors (Lipinski definition) is 0. The predicted molar refractivity (Wildman–Crippen MR) is 85.6 cm³/mol. The van der Waals surface area contributed by atoms with Crippen LogP contribution in [-0.4, -0.2) is 38.1 Å². The monoisotopic (exact) mass is 329 g/mol. The normalized spacial score (nSPS) is 14.6. The molecule has 0 aromatic heterocycles. The SMILES string of the molecule is CC(=O)Oc1ccccc1C(=O)c1c(N2CCOCC2)c(=O)c1=O. The Morgan fingerprint density at radius 3 is 2.42 bits per heavy atom. The number of anilines is 1. The molecule has 1 saturated heterocycles. The van der Waals surface area contributed by atoms with E-state index in [-0.39, 0.29) is 22.6 Å². The predicted octanol–water partition coefficient (Wildman–Crippen LogP) is 0.276. The van der Waals surface area contributed by atoms with E-state index in [1.54, 1.807) is 17.0 Å². The minimum atomic E-state index is -0.806. The molecule has 1 aliphatic heterocycles. The fourth-order valence-corrected chi connectivity index (χ4v) is 2.71. The average Bonchev–Trinajstić information content (AvgIpc) is 2.59. The summed E-state index contributed by atoms with van der Waals surface area (Å²) >= 11 is 0. The molecule has 0 N–H and O–H groups in total. The molecular weight excluding hydrogens is 314 g/mol. The highest BCUT2D eigenvalue weighted by molar-refractivity contribution is 6.15. The Morgan fingerprint density at radius 1 is 1.08 bits per heavy atom. The van der Waals surface area contributed by atoms with Crippen molar-refractivity contribution in [2.75, 3.05) is 31.2 Å². The quantitative estimate of drug-likeness (QED) is 0.344. The lowest BCUT2D eigenvalue weighted by Gasteiger charge is -2.30. The van der Waals surface area contributed by atoms with Gasteiger partial charge in [-0.25, -0.2) is 0 Å². The molecule has 124 valence electrons. The maximum Gasteiger partial charge on any atom is 0.308 e.